The van der Waals surface area contributed by atoms with Crippen molar-refractivity contribution >= 4 is 5.97 Å². The zero-order chi connectivity index (χ0) is 18.1. The van der Waals surface area contributed by atoms with Crippen LogP contribution in [0.2, 0.25) is 0 Å². The molecule has 0 aliphatic carbocycles. The summed E-state index contributed by atoms with van der Waals surface area (Å²) < 4.78 is 5.10. The lowest BCUT2D eigenvalue weighted by molar-refractivity contribution is -0.139. The number of carboxylic acid groups (broad SMARTS) is 1. The Hall–Kier alpha value is -2.93. The van der Waals surface area contributed by atoms with E-state index in [0.29, 0.717) is 17.7 Å². The molecule has 25 heavy (non-hydrogen) atoms. The summed E-state index contributed by atoms with van der Waals surface area (Å²) in [5.41, 5.74) is 2.24. The SMILES string of the molecule is COc1cc(CC2NC(C(=O)O)Cc3cc(O)c(O)cc32)ccc1O. The maximum atomic E-state index is 11.4. The lowest BCUT2D eigenvalue weighted by Gasteiger charge is -2.31. The van der Waals surface area contributed by atoms with Crippen molar-refractivity contribution in [2.75, 3.05) is 7.11 Å². The molecule has 0 aromatic heterocycles. The maximum absolute atomic E-state index is 11.4. The number of ether oxygens (including phenoxy) is 1. The van der Waals surface area contributed by atoms with Crippen LogP contribution in [0.4, 0.5) is 0 Å². The van der Waals surface area contributed by atoms with Gasteiger partial charge in [0.05, 0.1) is 7.11 Å². The number of carbonyl (C=O) groups is 1. The van der Waals surface area contributed by atoms with E-state index >= 15 is 0 Å². The number of benzene rings is 2. The number of hydrogen-bond acceptors (Lipinski definition) is 6. The Morgan fingerprint density at radius 2 is 1.88 bits per heavy atom. The van der Waals surface area contributed by atoms with Gasteiger partial charge >= 0.3 is 5.97 Å². The molecule has 5 N–H and O–H groups in total. The van der Waals surface area contributed by atoms with Gasteiger partial charge in [0.25, 0.3) is 0 Å². The van der Waals surface area contributed by atoms with Crippen LogP contribution in [-0.4, -0.2) is 39.5 Å². The first-order valence-electron chi connectivity index (χ1n) is 7.78. The highest BCUT2D eigenvalue weighted by molar-refractivity contribution is 5.75. The third-order valence-electron chi connectivity index (χ3n) is 4.42. The van der Waals surface area contributed by atoms with Crippen LogP contribution in [0.5, 0.6) is 23.0 Å². The van der Waals surface area contributed by atoms with E-state index in [1.165, 1.54) is 25.3 Å². The van der Waals surface area contributed by atoms with Gasteiger partial charge in [-0.25, -0.2) is 0 Å². The van der Waals surface area contributed by atoms with Crippen LogP contribution in [0.25, 0.3) is 0 Å². The Bertz CT molecular complexity index is 819. The maximum Gasteiger partial charge on any atom is 0.321 e. The summed E-state index contributed by atoms with van der Waals surface area (Å²) in [5, 5.41) is 41.6. The van der Waals surface area contributed by atoms with Crippen molar-refractivity contribution in [3.63, 3.8) is 0 Å². The van der Waals surface area contributed by atoms with Crippen LogP contribution in [-0.2, 0) is 17.6 Å². The van der Waals surface area contributed by atoms with Crippen molar-refractivity contribution < 1.29 is 30.0 Å². The van der Waals surface area contributed by atoms with Gasteiger partial charge in [0.2, 0.25) is 0 Å². The van der Waals surface area contributed by atoms with Crippen LogP contribution in [0.3, 0.4) is 0 Å². The van der Waals surface area contributed by atoms with Gasteiger partial charge < -0.3 is 25.2 Å². The molecule has 0 radical (unpaired) electrons. The summed E-state index contributed by atoms with van der Waals surface area (Å²) in [7, 11) is 1.45. The van der Waals surface area contributed by atoms with Crippen molar-refractivity contribution in [2.45, 2.75) is 24.9 Å². The van der Waals surface area contributed by atoms with E-state index in [4.69, 9.17) is 4.74 Å². The van der Waals surface area contributed by atoms with Crippen molar-refractivity contribution in [3.05, 3.63) is 47.0 Å². The molecule has 1 aliphatic heterocycles. The fourth-order valence-corrected chi connectivity index (χ4v) is 3.16. The Morgan fingerprint density at radius 3 is 2.56 bits per heavy atom. The highest BCUT2D eigenvalue weighted by Gasteiger charge is 2.31. The minimum Gasteiger partial charge on any atom is -0.504 e. The lowest BCUT2D eigenvalue weighted by Crippen LogP contribution is -2.45. The molecule has 132 valence electrons. The normalized spacial score (nSPS) is 19.2. The highest BCUT2D eigenvalue weighted by Crippen LogP contribution is 2.37. The predicted molar refractivity (Wildman–Crippen MR) is 89.1 cm³/mol. The van der Waals surface area contributed by atoms with Crippen LogP contribution >= 0.6 is 0 Å². The quantitative estimate of drug-likeness (QED) is 0.535. The van der Waals surface area contributed by atoms with E-state index in [1.807, 2.05) is 0 Å². The first kappa shape index (κ1) is 16.9. The van der Waals surface area contributed by atoms with Gasteiger partial charge in [-0.3, -0.25) is 10.1 Å². The predicted octanol–water partition coefficient (Wildman–Crippen LogP) is 1.69. The molecular weight excluding hydrogens is 326 g/mol. The van der Waals surface area contributed by atoms with E-state index in [1.54, 1.807) is 12.1 Å². The molecule has 2 unspecified atom stereocenters. The number of methoxy groups -OCH3 is 1. The summed E-state index contributed by atoms with van der Waals surface area (Å²) in [6.07, 6.45) is 0.644. The molecule has 0 spiro atoms. The zero-order valence-electron chi connectivity index (χ0n) is 13.6. The van der Waals surface area contributed by atoms with E-state index in [9.17, 15) is 25.2 Å². The number of aromatic hydroxyl groups is 3. The monoisotopic (exact) mass is 345 g/mol. The number of rotatable bonds is 4. The van der Waals surface area contributed by atoms with Gasteiger partial charge in [0.15, 0.2) is 23.0 Å². The first-order chi connectivity index (χ1) is 11.9. The smallest absolute Gasteiger partial charge is 0.321 e. The standard InChI is InChI=1S/C18H19NO6/c1-25-17-5-9(2-3-14(17)20)4-12-11-8-16(22)15(21)7-10(11)6-13(19-12)18(23)24/h2-3,5,7-8,12-13,19-22H,4,6H2,1H3,(H,23,24). The fourth-order valence-electron chi connectivity index (χ4n) is 3.16. The van der Waals surface area contributed by atoms with Crippen LogP contribution < -0.4 is 10.1 Å². The Labute approximate surface area is 144 Å². The number of aliphatic carboxylic acids is 1. The molecule has 2 aromatic carbocycles. The second-order valence-corrected chi connectivity index (χ2v) is 6.06. The van der Waals surface area contributed by atoms with Crippen molar-refractivity contribution in [3.8, 4) is 23.0 Å². The molecule has 2 aromatic rings. The lowest BCUT2D eigenvalue weighted by atomic mass is 9.86. The second-order valence-electron chi connectivity index (χ2n) is 6.06. The second kappa shape index (κ2) is 6.52. The summed E-state index contributed by atoms with van der Waals surface area (Å²) in [6, 6.07) is 6.63. The average Bonchev–Trinajstić information content (AvgIpc) is 2.57. The van der Waals surface area contributed by atoms with Gasteiger partial charge in [-0.1, -0.05) is 6.07 Å². The Kier molecular flexibility index (Phi) is 4.41. The molecule has 7 heteroatoms. The highest BCUT2D eigenvalue weighted by atomic mass is 16.5. The molecule has 7 nitrogen and oxygen atoms in total. The van der Waals surface area contributed by atoms with E-state index in [2.05, 4.69) is 5.32 Å². The molecule has 3 rings (SSSR count). The molecule has 1 aliphatic rings. The number of hydrogen-bond donors (Lipinski definition) is 5. The summed E-state index contributed by atoms with van der Waals surface area (Å²) in [4.78, 5) is 11.4. The summed E-state index contributed by atoms with van der Waals surface area (Å²) in [5.74, 6) is -1.14. The number of fused-ring (bicyclic) bond motifs is 1. The van der Waals surface area contributed by atoms with Crippen LogP contribution in [0, 0.1) is 0 Å². The van der Waals surface area contributed by atoms with Gasteiger partial charge in [-0.15, -0.1) is 0 Å². The number of phenols is 3. The van der Waals surface area contributed by atoms with Crippen molar-refractivity contribution in [1.29, 1.82) is 0 Å². The molecule has 0 saturated heterocycles. The Morgan fingerprint density at radius 1 is 1.16 bits per heavy atom. The van der Waals surface area contributed by atoms with Crippen molar-refractivity contribution in [2.24, 2.45) is 0 Å². The number of phenolic OH excluding ortho intramolecular Hbond substituents is 3. The van der Waals surface area contributed by atoms with Gasteiger partial charge in [0, 0.05) is 6.04 Å². The van der Waals surface area contributed by atoms with Gasteiger partial charge in [0.1, 0.15) is 6.04 Å². The summed E-state index contributed by atoms with van der Waals surface area (Å²) in [6.45, 7) is 0. The van der Waals surface area contributed by atoms with Crippen LogP contribution in [0.15, 0.2) is 30.3 Å². The molecule has 0 amide bonds. The third-order valence-corrected chi connectivity index (χ3v) is 4.42. The molecule has 1 heterocycles. The van der Waals surface area contributed by atoms with E-state index in [0.717, 1.165) is 11.1 Å². The van der Waals surface area contributed by atoms with E-state index < -0.39 is 12.0 Å². The minimum absolute atomic E-state index is 0.0224. The zero-order valence-corrected chi connectivity index (χ0v) is 13.6. The topological polar surface area (TPSA) is 119 Å². The summed E-state index contributed by atoms with van der Waals surface area (Å²) >= 11 is 0. The largest absolute Gasteiger partial charge is 0.504 e. The Balaban J connectivity index is 1.97. The van der Waals surface area contributed by atoms with Gasteiger partial charge in [-0.05, 0) is 53.8 Å². The number of nitrogens with one attached hydrogen (secondary N) is 1. The van der Waals surface area contributed by atoms with E-state index in [-0.39, 0.29) is 29.7 Å². The fraction of sp³-hybridized carbons (Fsp3) is 0.278. The van der Waals surface area contributed by atoms with Crippen molar-refractivity contribution in [1.82, 2.24) is 5.32 Å². The minimum atomic E-state index is -0.980. The molecule has 2 atom stereocenters. The molecular formula is C18H19NO6. The molecule has 0 bridgehead atoms. The van der Waals surface area contributed by atoms with Crippen LogP contribution in [0.1, 0.15) is 22.7 Å². The number of carboxylic acids is 1. The third kappa shape index (κ3) is 3.32. The molecule has 0 saturated carbocycles. The molecule has 0 fully saturated rings. The first-order valence-corrected chi connectivity index (χ1v) is 7.78. The average molecular weight is 345 g/mol. The van der Waals surface area contributed by atoms with Gasteiger partial charge in [-0.2, -0.15) is 0 Å².